The van der Waals surface area contributed by atoms with Gasteiger partial charge in [0.1, 0.15) is 0 Å². The Hall–Kier alpha value is -0.0400. The van der Waals surface area contributed by atoms with Gasteiger partial charge in [0.05, 0.1) is 0 Å². The van der Waals surface area contributed by atoms with E-state index in [4.69, 9.17) is 5.73 Å². The SMILES string of the molecule is CCCCCCCC(N)C1CCC(C)CC1. The number of unbranched alkanes of at least 4 members (excludes halogenated alkanes) is 4. The standard InChI is InChI=1S/C15H31N/c1-3-4-5-6-7-8-15(16)14-11-9-13(2)10-12-14/h13-15H,3-12,16H2,1-2H3. The quantitative estimate of drug-likeness (QED) is 0.634. The van der Waals surface area contributed by atoms with Crippen LogP contribution in [0.5, 0.6) is 0 Å². The van der Waals surface area contributed by atoms with E-state index in [1.54, 1.807) is 0 Å². The lowest BCUT2D eigenvalue weighted by Crippen LogP contribution is -2.32. The molecule has 0 bridgehead atoms. The van der Waals surface area contributed by atoms with Crippen molar-refractivity contribution in [2.24, 2.45) is 17.6 Å². The van der Waals surface area contributed by atoms with Crippen LogP contribution in [0.25, 0.3) is 0 Å². The van der Waals surface area contributed by atoms with Crippen LogP contribution >= 0.6 is 0 Å². The molecule has 1 nitrogen and oxygen atoms in total. The monoisotopic (exact) mass is 225 g/mol. The van der Waals surface area contributed by atoms with Gasteiger partial charge in [-0.05, 0) is 31.1 Å². The first-order valence-corrected chi connectivity index (χ1v) is 7.49. The van der Waals surface area contributed by atoms with Gasteiger partial charge in [0.15, 0.2) is 0 Å². The number of rotatable bonds is 7. The zero-order chi connectivity index (χ0) is 11.8. The molecule has 1 rings (SSSR count). The lowest BCUT2D eigenvalue weighted by Gasteiger charge is -2.30. The number of nitrogens with two attached hydrogens (primary N) is 1. The molecule has 0 saturated heterocycles. The summed E-state index contributed by atoms with van der Waals surface area (Å²) in [6, 6.07) is 0.495. The van der Waals surface area contributed by atoms with Gasteiger partial charge >= 0.3 is 0 Å². The lowest BCUT2D eigenvalue weighted by molar-refractivity contribution is 0.245. The largest absolute Gasteiger partial charge is 0.327 e. The van der Waals surface area contributed by atoms with E-state index in [1.165, 1.54) is 64.2 Å². The molecule has 1 aliphatic rings. The van der Waals surface area contributed by atoms with Gasteiger partial charge in [0, 0.05) is 6.04 Å². The average Bonchev–Trinajstić information content (AvgIpc) is 2.29. The Balaban J connectivity index is 2.03. The molecule has 0 spiro atoms. The molecule has 0 aromatic heterocycles. The molecule has 16 heavy (non-hydrogen) atoms. The summed E-state index contributed by atoms with van der Waals surface area (Å²) in [5, 5.41) is 0. The molecule has 1 unspecified atom stereocenters. The summed E-state index contributed by atoms with van der Waals surface area (Å²) in [5.74, 6) is 1.79. The highest BCUT2D eigenvalue weighted by Crippen LogP contribution is 2.31. The molecular weight excluding hydrogens is 194 g/mol. The molecule has 1 fully saturated rings. The number of hydrogen-bond donors (Lipinski definition) is 1. The third kappa shape index (κ3) is 5.34. The smallest absolute Gasteiger partial charge is 0.00671 e. The molecule has 96 valence electrons. The van der Waals surface area contributed by atoms with E-state index in [9.17, 15) is 0 Å². The van der Waals surface area contributed by atoms with E-state index in [1.807, 2.05) is 0 Å². The maximum absolute atomic E-state index is 6.31. The first-order chi connectivity index (χ1) is 7.74. The average molecular weight is 225 g/mol. The maximum Gasteiger partial charge on any atom is 0.00671 e. The Morgan fingerprint density at radius 1 is 1.00 bits per heavy atom. The molecule has 0 radical (unpaired) electrons. The van der Waals surface area contributed by atoms with Gasteiger partial charge in [0.2, 0.25) is 0 Å². The summed E-state index contributed by atoms with van der Waals surface area (Å²) >= 11 is 0. The maximum atomic E-state index is 6.31. The van der Waals surface area contributed by atoms with Gasteiger partial charge in [-0.2, -0.15) is 0 Å². The topological polar surface area (TPSA) is 26.0 Å². The Kier molecular flexibility index (Phi) is 7.11. The second-order valence-electron chi connectivity index (χ2n) is 5.89. The summed E-state index contributed by atoms with van der Waals surface area (Å²) in [6.45, 7) is 4.65. The Morgan fingerprint density at radius 3 is 2.25 bits per heavy atom. The van der Waals surface area contributed by atoms with Crippen molar-refractivity contribution in [1.29, 1.82) is 0 Å². The van der Waals surface area contributed by atoms with E-state index in [0.29, 0.717) is 6.04 Å². The normalized spacial score (nSPS) is 27.9. The predicted octanol–water partition coefficient (Wildman–Crippen LogP) is 4.50. The van der Waals surface area contributed by atoms with Crippen LogP contribution in [0.15, 0.2) is 0 Å². The van der Waals surface area contributed by atoms with E-state index in [-0.39, 0.29) is 0 Å². The summed E-state index contributed by atoms with van der Waals surface area (Å²) in [7, 11) is 0. The predicted molar refractivity (Wildman–Crippen MR) is 72.5 cm³/mol. The zero-order valence-electron chi connectivity index (χ0n) is 11.4. The summed E-state index contributed by atoms with van der Waals surface area (Å²) < 4.78 is 0. The third-order valence-electron chi connectivity index (χ3n) is 4.31. The van der Waals surface area contributed by atoms with E-state index in [2.05, 4.69) is 13.8 Å². The molecule has 1 atom stereocenters. The zero-order valence-corrected chi connectivity index (χ0v) is 11.4. The van der Waals surface area contributed by atoms with Crippen molar-refractivity contribution in [3.05, 3.63) is 0 Å². The van der Waals surface area contributed by atoms with Crippen LogP contribution in [0.3, 0.4) is 0 Å². The third-order valence-corrected chi connectivity index (χ3v) is 4.31. The van der Waals surface area contributed by atoms with Crippen molar-refractivity contribution >= 4 is 0 Å². The van der Waals surface area contributed by atoms with Gasteiger partial charge in [0.25, 0.3) is 0 Å². The minimum atomic E-state index is 0.495. The van der Waals surface area contributed by atoms with Crippen molar-refractivity contribution in [2.75, 3.05) is 0 Å². The molecule has 1 saturated carbocycles. The lowest BCUT2D eigenvalue weighted by atomic mass is 9.78. The van der Waals surface area contributed by atoms with Crippen LogP contribution in [0.2, 0.25) is 0 Å². The summed E-state index contributed by atoms with van der Waals surface area (Å²) in [6.07, 6.45) is 13.8. The molecule has 1 aliphatic carbocycles. The first-order valence-electron chi connectivity index (χ1n) is 7.49. The van der Waals surface area contributed by atoms with Crippen molar-refractivity contribution in [2.45, 2.75) is 84.1 Å². The molecule has 1 heteroatoms. The molecule has 0 aromatic carbocycles. The van der Waals surface area contributed by atoms with Gasteiger partial charge in [-0.1, -0.05) is 58.8 Å². The minimum Gasteiger partial charge on any atom is -0.327 e. The minimum absolute atomic E-state index is 0.495. The van der Waals surface area contributed by atoms with E-state index < -0.39 is 0 Å². The van der Waals surface area contributed by atoms with Gasteiger partial charge < -0.3 is 5.73 Å². The van der Waals surface area contributed by atoms with Crippen molar-refractivity contribution in [3.8, 4) is 0 Å². The fraction of sp³-hybridized carbons (Fsp3) is 1.00. The van der Waals surface area contributed by atoms with Gasteiger partial charge in [-0.25, -0.2) is 0 Å². The highest BCUT2D eigenvalue weighted by Gasteiger charge is 2.22. The van der Waals surface area contributed by atoms with Crippen molar-refractivity contribution in [3.63, 3.8) is 0 Å². The van der Waals surface area contributed by atoms with Crippen LogP contribution in [-0.2, 0) is 0 Å². The molecule has 0 heterocycles. The van der Waals surface area contributed by atoms with Gasteiger partial charge in [-0.3, -0.25) is 0 Å². The molecule has 0 aromatic rings. The number of hydrogen-bond acceptors (Lipinski definition) is 1. The van der Waals surface area contributed by atoms with Crippen LogP contribution in [0.4, 0.5) is 0 Å². The van der Waals surface area contributed by atoms with E-state index in [0.717, 1.165) is 11.8 Å². The Bertz CT molecular complexity index is 159. The Labute approximate surface area is 102 Å². The van der Waals surface area contributed by atoms with Crippen LogP contribution in [-0.4, -0.2) is 6.04 Å². The van der Waals surface area contributed by atoms with Crippen LogP contribution in [0, 0.1) is 11.8 Å². The first kappa shape index (κ1) is 14.0. The highest BCUT2D eigenvalue weighted by molar-refractivity contribution is 4.78. The van der Waals surface area contributed by atoms with Crippen LogP contribution in [0.1, 0.15) is 78.1 Å². The molecule has 2 N–H and O–H groups in total. The van der Waals surface area contributed by atoms with Crippen molar-refractivity contribution in [1.82, 2.24) is 0 Å². The van der Waals surface area contributed by atoms with Gasteiger partial charge in [-0.15, -0.1) is 0 Å². The molecular formula is C15H31N. The second kappa shape index (κ2) is 8.11. The fourth-order valence-corrected chi connectivity index (χ4v) is 2.93. The molecule has 0 amide bonds. The second-order valence-corrected chi connectivity index (χ2v) is 5.89. The summed E-state index contributed by atoms with van der Waals surface area (Å²) in [4.78, 5) is 0. The summed E-state index contributed by atoms with van der Waals surface area (Å²) in [5.41, 5.74) is 6.31. The van der Waals surface area contributed by atoms with Crippen molar-refractivity contribution < 1.29 is 0 Å². The van der Waals surface area contributed by atoms with E-state index >= 15 is 0 Å². The molecule has 0 aliphatic heterocycles. The Morgan fingerprint density at radius 2 is 1.62 bits per heavy atom. The highest BCUT2D eigenvalue weighted by atomic mass is 14.6. The fourth-order valence-electron chi connectivity index (χ4n) is 2.93. The van der Waals surface area contributed by atoms with Crippen LogP contribution < -0.4 is 5.73 Å².